The molecule has 17 heavy (non-hydrogen) atoms. The third kappa shape index (κ3) is 5.33. The minimum absolute atomic E-state index is 0.0461. The predicted octanol–water partition coefficient (Wildman–Crippen LogP) is 2.97. The standard InChI is InChI=1S/C15H24O2/c1-15(2,17-3)11-10-14-8-6-13(7-9-14)5-4-12-16/h6-9,16H,4-5,10-12H2,1-3H3. The van der Waals surface area contributed by atoms with Crippen LogP contribution in [0.3, 0.4) is 0 Å². The molecule has 0 unspecified atom stereocenters. The van der Waals surface area contributed by atoms with E-state index < -0.39 is 0 Å². The fraction of sp³-hybridized carbons (Fsp3) is 0.600. The Bertz CT molecular complexity index is 314. The fourth-order valence-corrected chi connectivity index (χ4v) is 1.70. The Morgan fingerprint density at radius 2 is 1.59 bits per heavy atom. The summed E-state index contributed by atoms with van der Waals surface area (Å²) in [6, 6.07) is 8.67. The highest BCUT2D eigenvalue weighted by molar-refractivity contribution is 5.22. The molecule has 0 aromatic heterocycles. The Morgan fingerprint density at radius 3 is 2.06 bits per heavy atom. The van der Waals surface area contributed by atoms with E-state index in [2.05, 4.69) is 38.1 Å². The van der Waals surface area contributed by atoms with Gasteiger partial charge in [0, 0.05) is 13.7 Å². The van der Waals surface area contributed by atoms with Crippen molar-refractivity contribution in [1.29, 1.82) is 0 Å². The number of hydrogen-bond donors (Lipinski definition) is 1. The summed E-state index contributed by atoms with van der Waals surface area (Å²) in [7, 11) is 1.76. The minimum Gasteiger partial charge on any atom is -0.396 e. The van der Waals surface area contributed by atoms with E-state index in [9.17, 15) is 0 Å². The first kappa shape index (κ1) is 14.2. The molecule has 2 nitrogen and oxygen atoms in total. The van der Waals surface area contributed by atoms with Crippen molar-refractivity contribution in [3.05, 3.63) is 35.4 Å². The van der Waals surface area contributed by atoms with Gasteiger partial charge in [0.15, 0.2) is 0 Å². The van der Waals surface area contributed by atoms with E-state index in [0.29, 0.717) is 0 Å². The highest BCUT2D eigenvalue weighted by Crippen LogP contribution is 2.17. The Hall–Kier alpha value is -0.860. The molecule has 0 aliphatic rings. The van der Waals surface area contributed by atoms with E-state index >= 15 is 0 Å². The molecule has 0 heterocycles. The summed E-state index contributed by atoms with van der Waals surface area (Å²) in [4.78, 5) is 0. The molecule has 0 amide bonds. The van der Waals surface area contributed by atoms with Gasteiger partial charge in [0.05, 0.1) is 5.60 Å². The second-order valence-electron chi connectivity index (χ2n) is 5.11. The van der Waals surface area contributed by atoms with E-state index in [1.165, 1.54) is 11.1 Å². The summed E-state index contributed by atoms with van der Waals surface area (Å²) < 4.78 is 5.41. The van der Waals surface area contributed by atoms with Crippen molar-refractivity contribution in [3.8, 4) is 0 Å². The van der Waals surface area contributed by atoms with E-state index in [4.69, 9.17) is 9.84 Å². The lowest BCUT2D eigenvalue weighted by Gasteiger charge is -2.22. The SMILES string of the molecule is COC(C)(C)CCc1ccc(CCCO)cc1. The minimum atomic E-state index is -0.0461. The summed E-state index contributed by atoms with van der Waals surface area (Å²) in [5.74, 6) is 0. The number of hydrogen-bond acceptors (Lipinski definition) is 2. The number of ether oxygens (including phenoxy) is 1. The normalized spacial score (nSPS) is 11.8. The van der Waals surface area contributed by atoms with Crippen molar-refractivity contribution in [2.24, 2.45) is 0 Å². The number of aliphatic hydroxyl groups is 1. The zero-order chi connectivity index (χ0) is 12.7. The molecule has 0 saturated carbocycles. The van der Waals surface area contributed by atoms with Crippen molar-refractivity contribution in [3.63, 3.8) is 0 Å². The lowest BCUT2D eigenvalue weighted by atomic mass is 9.97. The maximum atomic E-state index is 8.77. The van der Waals surface area contributed by atoms with Crippen LogP contribution in [0.25, 0.3) is 0 Å². The van der Waals surface area contributed by atoms with Crippen LogP contribution in [0.15, 0.2) is 24.3 Å². The number of aryl methyl sites for hydroxylation is 2. The summed E-state index contributed by atoms with van der Waals surface area (Å²) >= 11 is 0. The molecule has 0 radical (unpaired) electrons. The maximum absolute atomic E-state index is 8.77. The van der Waals surface area contributed by atoms with Gasteiger partial charge >= 0.3 is 0 Å². The third-order valence-corrected chi connectivity index (χ3v) is 3.21. The molecule has 0 atom stereocenters. The average Bonchev–Trinajstić information content (AvgIpc) is 2.35. The first-order chi connectivity index (χ1) is 8.07. The number of aliphatic hydroxyl groups excluding tert-OH is 1. The van der Waals surface area contributed by atoms with Crippen LogP contribution in [0.1, 0.15) is 37.8 Å². The summed E-state index contributed by atoms with van der Waals surface area (Å²) in [5.41, 5.74) is 2.60. The van der Waals surface area contributed by atoms with E-state index in [0.717, 1.165) is 25.7 Å². The number of rotatable bonds is 7. The molecule has 0 fully saturated rings. The monoisotopic (exact) mass is 236 g/mol. The quantitative estimate of drug-likeness (QED) is 0.788. The Balaban J connectivity index is 2.45. The second-order valence-corrected chi connectivity index (χ2v) is 5.11. The van der Waals surface area contributed by atoms with Gasteiger partial charge in [-0.1, -0.05) is 24.3 Å². The molecule has 0 bridgehead atoms. The predicted molar refractivity (Wildman–Crippen MR) is 71.3 cm³/mol. The van der Waals surface area contributed by atoms with Crippen LogP contribution in [-0.4, -0.2) is 24.4 Å². The van der Waals surface area contributed by atoms with Gasteiger partial charge in [-0.25, -0.2) is 0 Å². The van der Waals surface area contributed by atoms with Crippen LogP contribution in [-0.2, 0) is 17.6 Å². The lowest BCUT2D eigenvalue weighted by Crippen LogP contribution is -2.22. The molecule has 2 heteroatoms. The van der Waals surface area contributed by atoms with E-state index in [1.807, 2.05) is 0 Å². The first-order valence-corrected chi connectivity index (χ1v) is 6.31. The van der Waals surface area contributed by atoms with Crippen molar-refractivity contribution in [2.45, 2.75) is 45.1 Å². The molecule has 1 aromatic carbocycles. The Labute approximate surface area is 105 Å². The van der Waals surface area contributed by atoms with Gasteiger partial charge in [-0.2, -0.15) is 0 Å². The van der Waals surface area contributed by atoms with Crippen molar-refractivity contribution >= 4 is 0 Å². The van der Waals surface area contributed by atoms with E-state index in [-0.39, 0.29) is 12.2 Å². The molecule has 96 valence electrons. The van der Waals surface area contributed by atoms with Crippen LogP contribution in [0.2, 0.25) is 0 Å². The molecule has 1 aromatic rings. The van der Waals surface area contributed by atoms with Gasteiger partial charge in [-0.15, -0.1) is 0 Å². The van der Waals surface area contributed by atoms with Gasteiger partial charge in [-0.3, -0.25) is 0 Å². The topological polar surface area (TPSA) is 29.5 Å². The smallest absolute Gasteiger partial charge is 0.0625 e. The van der Waals surface area contributed by atoms with Gasteiger partial charge in [-0.05, 0) is 50.7 Å². The van der Waals surface area contributed by atoms with E-state index in [1.54, 1.807) is 7.11 Å². The molecule has 1 rings (SSSR count). The molecular weight excluding hydrogens is 212 g/mol. The van der Waals surface area contributed by atoms with Crippen LogP contribution in [0.4, 0.5) is 0 Å². The average molecular weight is 236 g/mol. The zero-order valence-electron chi connectivity index (χ0n) is 11.2. The van der Waals surface area contributed by atoms with Gasteiger partial charge in [0.1, 0.15) is 0 Å². The van der Waals surface area contributed by atoms with Gasteiger partial charge in [0.25, 0.3) is 0 Å². The maximum Gasteiger partial charge on any atom is 0.0625 e. The first-order valence-electron chi connectivity index (χ1n) is 6.31. The molecule has 0 aliphatic heterocycles. The van der Waals surface area contributed by atoms with Gasteiger partial charge in [0.2, 0.25) is 0 Å². The van der Waals surface area contributed by atoms with Crippen molar-refractivity contribution in [2.75, 3.05) is 13.7 Å². The third-order valence-electron chi connectivity index (χ3n) is 3.21. The number of benzene rings is 1. The fourth-order valence-electron chi connectivity index (χ4n) is 1.70. The molecular formula is C15H24O2. The highest BCUT2D eigenvalue weighted by atomic mass is 16.5. The molecule has 0 aliphatic carbocycles. The van der Waals surface area contributed by atoms with Gasteiger partial charge < -0.3 is 9.84 Å². The summed E-state index contributed by atoms with van der Waals surface area (Å²) in [5, 5.41) is 8.77. The second kappa shape index (κ2) is 6.77. The Morgan fingerprint density at radius 1 is 1.06 bits per heavy atom. The van der Waals surface area contributed by atoms with Crippen molar-refractivity contribution < 1.29 is 9.84 Å². The Kier molecular flexibility index (Phi) is 5.66. The summed E-state index contributed by atoms with van der Waals surface area (Å²) in [6.45, 7) is 4.50. The lowest BCUT2D eigenvalue weighted by molar-refractivity contribution is 0.0158. The van der Waals surface area contributed by atoms with Crippen LogP contribution >= 0.6 is 0 Å². The number of methoxy groups -OCH3 is 1. The summed E-state index contributed by atoms with van der Waals surface area (Å²) in [6.07, 6.45) is 3.87. The van der Waals surface area contributed by atoms with Crippen molar-refractivity contribution in [1.82, 2.24) is 0 Å². The highest BCUT2D eigenvalue weighted by Gasteiger charge is 2.15. The zero-order valence-corrected chi connectivity index (χ0v) is 11.2. The molecule has 0 saturated heterocycles. The van der Waals surface area contributed by atoms with Crippen LogP contribution in [0, 0.1) is 0 Å². The molecule has 1 N–H and O–H groups in total. The van der Waals surface area contributed by atoms with Crippen LogP contribution in [0.5, 0.6) is 0 Å². The molecule has 0 spiro atoms. The largest absolute Gasteiger partial charge is 0.396 e. The van der Waals surface area contributed by atoms with Crippen LogP contribution < -0.4 is 0 Å².